The van der Waals surface area contributed by atoms with Crippen molar-refractivity contribution in [3.63, 3.8) is 0 Å². The maximum atomic E-state index is 13.0. The van der Waals surface area contributed by atoms with Gasteiger partial charge in [-0.2, -0.15) is 5.10 Å². The van der Waals surface area contributed by atoms with Gasteiger partial charge in [0, 0.05) is 12.1 Å². The third-order valence-electron chi connectivity index (χ3n) is 4.76. The van der Waals surface area contributed by atoms with Crippen LogP contribution in [0.1, 0.15) is 17.5 Å². The number of thioether (sulfide) groups is 1. The van der Waals surface area contributed by atoms with Gasteiger partial charge in [0.1, 0.15) is 23.4 Å². The second kappa shape index (κ2) is 11.2. The van der Waals surface area contributed by atoms with E-state index in [0.717, 1.165) is 11.1 Å². The Bertz CT molecular complexity index is 1200. The van der Waals surface area contributed by atoms with E-state index in [1.165, 1.54) is 23.9 Å². The molecular formula is C25H21FN4O3S. The van der Waals surface area contributed by atoms with Crippen LogP contribution >= 0.6 is 11.8 Å². The Hall–Kier alpha value is -3.98. The number of rotatable bonds is 8. The van der Waals surface area contributed by atoms with Crippen molar-refractivity contribution in [2.45, 2.75) is 18.3 Å². The molecule has 3 aromatic carbocycles. The normalized spacial score (nSPS) is 16.6. The first-order chi connectivity index (χ1) is 16.5. The predicted molar refractivity (Wildman–Crippen MR) is 131 cm³/mol. The van der Waals surface area contributed by atoms with Crippen molar-refractivity contribution in [1.29, 1.82) is 0 Å². The third kappa shape index (κ3) is 6.76. The first-order valence-electron chi connectivity index (χ1n) is 10.5. The summed E-state index contributed by atoms with van der Waals surface area (Å²) in [4.78, 5) is 24.3. The molecule has 0 unspecified atom stereocenters. The van der Waals surface area contributed by atoms with Gasteiger partial charge >= 0.3 is 0 Å². The van der Waals surface area contributed by atoms with Crippen LogP contribution < -0.4 is 15.4 Å². The van der Waals surface area contributed by atoms with Crippen LogP contribution in [0, 0.1) is 5.82 Å². The zero-order valence-electron chi connectivity index (χ0n) is 18.0. The minimum atomic E-state index is -0.560. The van der Waals surface area contributed by atoms with Crippen LogP contribution in [0.15, 0.2) is 89.1 Å². The van der Waals surface area contributed by atoms with Crippen LogP contribution in [-0.4, -0.2) is 28.4 Å². The van der Waals surface area contributed by atoms with Gasteiger partial charge in [-0.15, -0.1) is 5.10 Å². The van der Waals surface area contributed by atoms with E-state index in [1.807, 2.05) is 30.3 Å². The molecule has 1 atom stereocenters. The average Bonchev–Trinajstić information content (AvgIpc) is 3.18. The van der Waals surface area contributed by atoms with E-state index in [-0.39, 0.29) is 24.1 Å². The topological polar surface area (TPSA) is 92.2 Å². The average molecular weight is 477 g/mol. The summed E-state index contributed by atoms with van der Waals surface area (Å²) in [6, 6.07) is 22.4. The van der Waals surface area contributed by atoms with E-state index in [0.29, 0.717) is 23.2 Å². The molecule has 1 aliphatic heterocycles. The highest BCUT2D eigenvalue weighted by Crippen LogP contribution is 2.23. The Morgan fingerprint density at radius 1 is 1.06 bits per heavy atom. The molecule has 34 heavy (non-hydrogen) atoms. The minimum Gasteiger partial charge on any atom is -0.489 e. The maximum Gasteiger partial charge on any atom is 0.240 e. The highest BCUT2D eigenvalue weighted by atomic mass is 32.2. The molecule has 0 aliphatic carbocycles. The Balaban J connectivity index is 1.25. The second-order valence-electron chi connectivity index (χ2n) is 7.35. The summed E-state index contributed by atoms with van der Waals surface area (Å²) < 4.78 is 18.6. The smallest absolute Gasteiger partial charge is 0.240 e. The van der Waals surface area contributed by atoms with E-state index in [9.17, 15) is 14.0 Å². The number of carbonyl (C=O) groups excluding carboxylic acids is 2. The highest BCUT2D eigenvalue weighted by Gasteiger charge is 2.32. The van der Waals surface area contributed by atoms with Crippen LogP contribution in [0.5, 0.6) is 5.75 Å². The lowest BCUT2D eigenvalue weighted by Crippen LogP contribution is -2.28. The lowest BCUT2D eigenvalue weighted by atomic mass is 10.2. The van der Waals surface area contributed by atoms with Crippen molar-refractivity contribution >= 4 is 40.6 Å². The zero-order chi connectivity index (χ0) is 23.8. The molecule has 0 bridgehead atoms. The summed E-state index contributed by atoms with van der Waals surface area (Å²) >= 11 is 1.17. The maximum absolute atomic E-state index is 13.0. The minimum absolute atomic E-state index is 0.0352. The zero-order valence-corrected chi connectivity index (χ0v) is 18.8. The van der Waals surface area contributed by atoms with Gasteiger partial charge in [-0.1, -0.05) is 42.1 Å². The lowest BCUT2D eigenvalue weighted by Gasteiger charge is -2.06. The first kappa shape index (κ1) is 23.2. The summed E-state index contributed by atoms with van der Waals surface area (Å²) in [7, 11) is 0. The van der Waals surface area contributed by atoms with Crippen molar-refractivity contribution in [2.75, 3.05) is 5.32 Å². The van der Waals surface area contributed by atoms with Gasteiger partial charge in [0.05, 0.1) is 6.21 Å². The van der Waals surface area contributed by atoms with Gasteiger partial charge < -0.3 is 15.4 Å². The molecule has 1 heterocycles. The van der Waals surface area contributed by atoms with Crippen molar-refractivity contribution in [3.8, 4) is 5.75 Å². The summed E-state index contributed by atoms with van der Waals surface area (Å²) in [5, 5.41) is 13.3. The molecule has 7 nitrogen and oxygen atoms in total. The fraction of sp³-hybridized carbons (Fsp3) is 0.120. The van der Waals surface area contributed by atoms with Gasteiger partial charge in [-0.25, -0.2) is 4.39 Å². The largest absolute Gasteiger partial charge is 0.489 e. The Morgan fingerprint density at radius 2 is 1.79 bits per heavy atom. The van der Waals surface area contributed by atoms with Crippen molar-refractivity contribution < 1.29 is 18.7 Å². The Labute approximate surface area is 200 Å². The Kier molecular flexibility index (Phi) is 7.67. The van der Waals surface area contributed by atoms with Crippen LogP contribution in [-0.2, 0) is 16.2 Å². The molecule has 4 rings (SSSR count). The summed E-state index contributed by atoms with van der Waals surface area (Å²) in [6.07, 6.45) is 1.59. The number of halogens is 1. The van der Waals surface area contributed by atoms with Crippen molar-refractivity contribution in [3.05, 3.63) is 95.8 Å². The number of carbonyl (C=O) groups is 2. The second-order valence-corrected chi connectivity index (χ2v) is 8.54. The van der Waals surface area contributed by atoms with Crippen LogP contribution in [0.4, 0.5) is 10.1 Å². The predicted octanol–water partition coefficient (Wildman–Crippen LogP) is 4.36. The van der Waals surface area contributed by atoms with Gasteiger partial charge in [0.25, 0.3) is 0 Å². The van der Waals surface area contributed by atoms with Gasteiger partial charge in [-0.05, 0) is 59.7 Å². The fourth-order valence-corrected chi connectivity index (χ4v) is 3.96. The molecule has 0 saturated carbocycles. The first-order valence-corrected chi connectivity index (χ1v) is 11.3. The number of amides is 2. The molecule has 1 fully saturated rings. The summed E-state index contributed by atoms with van der Waals surface area (Å²) in [5.41, 5.74) is 2.35. The van der Waals surface area contributed by atoms with E-state index in [1.54, 1.807) is 42.6 Å². The summed E-state index contributed by atoms with van der Waals surface area (Å²) in [6.45, 7) is 0.336. The highest BCUT2D eigenvalue weighted by molar-refractivity contribution is 8.15. The van der Waals surface area contributed by atoms with Gasteiger partial charge in [0.2, 0.25) is 11.8 Å². The van der Waals surface area contributed by atoms with Crippen LogP contribution in [0.2, 0.25) is 0 Å². The number of amidine groups is 1. The Morgan fingerprint density at radius 3 is 2.53 bits per heavy atom. The molecule has 3 aromatic rings. The van der Waals surface area contributed by atoms with E-state index in [2.05, 4.69) is 20.8 Å². The van der Waals surface area contributed by atoms with Crippen molar-refractivity contribution in [2.24, 2.45) is 10.2 Å². The number of nitrogens with one attached hydrogen (secondary N) is 2. The summed E-state index contributed by atoms with van der Waals surface area (Å²) in [5.74, 6) is -0.131. The molecular weight excluding hydrogens is 455 g/mol. The number of anilines is 1. The van der Waals surface area contributed by atoms with E-state index in [4.69, 9.17) is 4.74 Å². The SMILES string of the molecule is O=C(C[C@H]1S/C(=N\N=C/c2ccc(OCc3ccc(F)cc3)cc2)NC1=O)Nc1ccccc1. The number of nitrogens with zero attached hydrogens (tertiary/aromatic N) is 2. The number of hydrogen-bond donors (Lipinski definition) is 2. The van der Waals surface area contributed by atoms with Crippen LogP contribution in [0.25, 0.3) is 0 Å². The third-order valence-corrected chi connectivity index (χ3v) is 5.83. The number of benzene rings is 3. The molecule has 0 aromatic heterocycles. The van der Waals surface area contributed by atoms with Crippen molar-refractivity contribution in [1.82, 2.24) is 5.32 Å². The molecule has 1 saturated heterocycles. The molecule has 2 amide bonds. The standard InChI is InChI=1S/C25H21FN4O3S/c26-19-10-6-18(7-11-19)16-33-21-12-8-17(9-13-21)15-27-30-25-29-24(32)22(34-25)14-23(31)28-20-4-2-1-3-5-20/h1-13,15,22H,14,16H2,(H,28,31)(H,29,30,32)/b27-15-/t22-/m1/s1. The molecule has 0 spiro atoms. The van der Waals surface area contributed by atoms with E-state index < -0.39 is 5.25 Å². The fourth-order valence-electron chi connectivity index (χ4n) is 3.03. The van der Waals surface area contributed by atoms with Gasteiger partial charge in [-0.3, -0.25) is 9.59 Å². The number of hydrogen-bond acceptors (Lipinski definition) is 6. The molecule has 172 valence electrons. The number of ether oxygens (including phenoxy) is 1. The van der Waals surface area contributed by atoms with Crippen LogP contribution in [0.3, 0.4) is 0 Å². The molecule has 0 radical (unpaired) electrons. The molecule has 1 aliphatic rings. The number of para-hydroxylation sites is 1. The lowest BCUT2D eigenvalue weighted by molar-refractivity contribution is -0.122. The molecule has 2 N–H and O–H groups in total. The van der Waals surface area contributed by atoms with Gasteiger partial charge in [0.15, 0.2) is 5.17 Å². The molecule has 9 heteroatoms. The quantitative estimate of drug-likeness (QED) is 0.373. The monoisotopic (exact) mass is 476 g/mol. The van der Waals surface area contributed by atoms with E-state index >= 15 is 0 Å².